The number of hydrogen-bond acceptors (Lipinski definition) is 3. The minimum Gasteiger partial charge on any atom is -0.370 e. The Hall–Kier alpha value is -0.610. The van der Waals surface area contributed by atoms with Crippen LogP contribution in [0.25, 0.3) is 0 Å². The maximum Gasteiger partial charge on any atom is 0.250 e. The fourth-order valence-corrected chi connectivity index (χ4v) is 0.688. The highest BCUT2D eigenvalue weighted by Crippen LogP contribution is 1.88. The van der Waals surface area contributed by atoms with Crippen LogP contribution in [0.3, 0.4) is 0 Å². The summed E-state index contributed by atoms with van der Waals surface area (Å²) in [6.45, 7) is 4.00. The molecule has 0 fully saturated rings. The van der Waals surface area contributed by atoms with Gasteiger partial charge in [-0.1, -0.05) is 0 Å². The molecule has 66 valence electrons. The van der Waals surface area contributed by atoms with Gasteiger partial charge in [-0.2, -0.15) is 0 Å². The van der Waals surface area contributed by atoms with Crippen LogP contribution in [0, 0.1) is 0 Å². The number of hydrogen-bond donors (Lipinski definition) is 2. The zero-order chi connectivity index (χ0) is 8.85. The van der Waals surface area contributed by atoms with Crippen LogP contribution in [0.5, 0.6) is 0 Å². The SMILES string of the molecule is COC(CN)C(=O)NC(C)C. The number of rotatable bonds is 4. The predicted molar refractivity (Wildman–Crippen MR) is 43.1 cm³/mol. The molecule has 0 aromatic carbocycles. The highest BCUT2D eigenvalue weighted by Gasteiger charge is 2.15. The van der Waals surface area contributed by atoms with Crippen LogP contribution < -0.4 is 11.1 Å². The normalized spacial score (nSPS) is 13.2. The van der Waals surface area contributed by atoms with Crippen molar-refractivity contribution in [1.29, 1.82) is 0 Å². The summed E-state index contributed by atoms with van der Waals surface area (Å²) in [5.74, 6) is -0.148. The first-order valence-electron chi connectivity index (χ1n) is 3.65. The molecule has 4 heteroatoms. The van der Waals surface area contributed by atoms with Gasteiger partial charge in [-0.15, -0.1) is 0 Å². The van der Waals surface area contributed by atoms with Gasteiger partial charge in [0, 0.05) is 19.7 Å². The number of amides is 1. The number of carbonyl (C=O) groups is 1. The zero-order valence-electron chi connectivity index (χ0n) is 7.26. The molecule has 0 aliphatic carbocycles. The Morgan fingerprint density at radius 1 is 1.64 bits per heavy atom. The molecule has 0 radical (unpaired) electrons. The molecule has 1 atom stereocenters. The van der Waals surface area contributed by atoms with Gasteiger partial charge in [0.25, 0.3) is 5.91 Å². The molecule has 0 aliphatic rings. The molecule has 0 aromatic heterocycles. The summed E-state index contributed by atoms with van der Waals surface area (Å²) in [6, 6.07) is 0.131. The second kappa shape index (κ2) is 5.09. The topological polar surface area (TPSA) is 64.3 Å². The van der Waals surface area contributed by atoms with Gasteiger partial charge in [0.05, 0.1) is 0 Å². The van der Waals surface area contributed by atoms with E-state index in [0.717, 1.165) is 0 Å². The van der Waals surface area contributed by atoms with Gasteiger partial charge >= 0.3 is 0 Å². The van der Waals surface area contributed by atoms with Crippen LogP contribution >= 0.6 is 0 Å². The van der Waals surface area contributed by atoms with Crippen LogP contribution in [0.1, 0.15) is 13.8 Å². The third-order valence-corrected chi connectivity index (χ3v) is 1.22. The molecule has 11 heavy (non-hydrogen) atoms. The predicted octanol–water partition coefficient (Wildman–Crippen LogP) is -0.515. The third kappa shape index (κ3) is 3.95. The lowest BCUT2D eigenvalue weighted by Crippen LogP contribution is -2.43. The van der Waals surface area contributed by atoms with E-state index in [2.05, 4.69) is 5.32 Å². The Labute approximate surface area is 67.1 Å². The van der Waals surface area contributed by atoms with Gasteiger partial charge in [-0.3, -0.25) is 4.79 Å². The highest BCUT2D eigenvalue weighted by molar-refractivity contribution is 5.81. The molecule has 0 bridgehead atoms. The van der Waals surface area contributed by atoms with Crippen LogP contribution in [-0.2, 0) is 9.53 Å². The summed E-state index contributed by atoms with van der Waals surface area (Å²) < 4.78 is 4.83. The van der Waals surface area contributed by atoms with Crippen LogP contribution in [0.4, 0.5) is 0 Å². The lowest BCUT2D eigenvalue weighted by atomic mass is 10.3. The van der Waals surface area contributed by atoms with Crippen molar-refractivity contribution in [1.82, 2.24) is 5.32 Å². The summed E-state index contributed by atoms with van der Waals surface area (Å²) in [6.07, 6.45) is -0.516. The number of carbonyl (C=O) groups excluding carboxylic acids is 1. The molecular weight excluding hydrogens is 144 g/mol. The summed E-state index contributed by atoms with van der Waals surface area (Å²) >= 11 is 0. The zero-order valence-corrected chi connectivity index (χ0v) is 7.26. The summed E-state index contributed by atoms with van der Waals surface area (Å²) in [4.78, 5) is 11.1. The first-order valence-corrected chi connectivity index (χ1v) is 3.65. The average molecular weight is 160 g/mol. The van der Waals surface area contributed by atoms with Gasteiger partial charge < -0.3 is 15.8 Å². The number of ether oxygens (including phenoxy) is 1. The van der Waals surface area contributed by atoms with Gasteiger partial charge in [0.1, 0.15) is 6.10 Å². The van der Waals surface area contributed by atoms with E-state index >= 15 is 0 Å². The van der Waals surface area contributed by atoms with E-state index in [0.29, 0.717) is 0 Å². The number of nitrogens with two attached hydrogens (primary N) is 1. The standard InChI is InChI=1S/C7H16N2O2/c1-5(2)9-7(10)6(4-8)11-3/h5-6H,4,8H2,1-3H3,(H,9,10). The second-order valence-electron chi connectivity index (χ2n) is 2.62. The third-order valence-electron chi connectivity index (χ3n) is 1.22. The van der Waals surface area contributed by atoms with E-state index in [9.17, 15) is 4.79 Å². The molecule has 1 amide bonds. The quantitative estimate of drug-likeness (QED) is 0.582. The summed E-state index contributed by atoms with van der Waals surface area (Å²) in [5, 5.41) is 2.70. The lowest BCUT2D eigenvalue weighted by molar-refractivity contribution is -0.130. The second-order valence-corrected chi connectivity index (χ2v) is 2.62. The fourth-order valence-electron chi connectivity index (χ4n) is 0.688. The maximum atomic E-state index is 11.1. The van der Waals surface area contributed by atoms with Gasteiger partial charge in [-0.05, 0) is 13.8 Å². The first-order chi connectivity index (χ1) is 5.11. The Bertz CT molecular complexity index is 122. The Morgan fingerprint density at radius 3 is 2.45 bits per heavy atom. The van der Waals surface area contributed by atoms with Gasteiger partial charge in [0.2, 0.25) is 0 Å². The largest absolute Gasteiger partial charge is 0.370 e. The van der Waals surface area contributed by atoms with Crippen molar-refractivity contribution < 1.29 is 9.53 Å². The van der Waals surface area contributed by atoms with E-state index in [1.54, 1.807) is 0 Å². The van der Waals surface area contributed by atoms with Crippen molar-refractivity contribution in [2.24, 2.45) is 5.73 Å². The molecule has 3 N–H and O–H groups in total. The van der Waals surface area contributed by atoms with Crippen molar-refractivity contribution in [2.45, 2.75) is 26.0 Å². The van der Waals surface area contributed by atoms with E-state index in [4.69, 9.17) is 10.5 Å². The molecule has 0 rings (SSSR count). The Balaban J connectivity index is 3.79. The van der Waals surface area contributed by atoms with Crippen molar-refractivity contribution in [3.8, 4) is 0 Å². The average Bonchev–Trinajstić information content (AvgIpc) is 1.88. The van der Waals surface area contributed by atoms with E-state index in [1.807, 2.05) is 13.8 Å². The summed E-state index contributed by atoms with van der Waals surface area (Å²) in [7, 11) is 1.47. The minimum absolute atomic E-state index is 0.131. The Morgan fingerprint density at radius 2 is 2.18 bits per heavy atom. The Kier molecular flexibility index (Phi) is 4.81. The maximum absolute atomic E-state index is 11.1. The van der Waals surface area contributed by atoms with Gasteiger partial charge in [-0.25, -0.2) is 0 Å². The van der Waals surface area contributed by atoms with Crippen molar-refractivity contribution >= 4 is 5.91 Å². The number of methoxy groups -OCH3 is 1. The molecule has 0 aromatic rings. The lowest BCUT2D eigenvalue weighted by Gasteiger charge is -2.14. The number of nitrogens with one attached hydrogen (secondary N) is 1. The van der Waals surface area contributed by atoms with E-state index < -0.39 is 6.10 Å². The van der Waals surface area contributed by atoms with E-state index in [-0.39, 0.29) is 18.5 Å². The molecule has 0 saturated carbocycles. The van der Waals surface area contributed by atoms with Gasteiger partial charge in [0.15, 0.2) is 0 Å². The molecule has 0 aliphatic heterocycles. The fraction of sp³-hybridized carbons (Fsp3) is 0.857. The van der Waals surface area contributed by atoms with E-state index in [1.165, 1.54) is 7.11 Å². The monoisotopic (exact) mass is 160 g/mol. The summed E-state index contributed by atoms with van der Waals surface area (Å²) in [5.41, 5.74) is 5.27. The van der Waals surface area contributed by atoms with Crippen molar-refractivity contribution in [3.05, 3.63) is 0 Å². The van der Waals surface area contributed by atoms with Crippen LogP contribution in [0.2, 0.25) is 0 Å². The highest BCUT2D eigenvalue weighted by atomic mass is 16.5. The van der Waals surface area contributed by atoms with Crippen molar-refractivity contribution in [2.75, 3.05) is 13.7 Å². The smallest absolute Gasteiger partial charge is 0.250 e. The van der Waals surface area contributed by atoms with Crippen LogP contribution in [-0.4, -0.2) is 31.7 Å². The van der Waals surface area contributed by atoms with Crippen LogP contribution in [0.15, 0.2) is 0 Å². The molecule has 4 nitrogen and oxygen atoms in total. The molecule has 1 unspecified atom stereocenters. The minimum atomic E-state index is -0.516. The molecule has 0 spiro atoms. The first kappa shape index (κ1) is 10.4. The molecule has 0 saturated heterocycles. The molecular formula is C7H16N2O2. The molecule has 0 heterocycles. The van der Waals surface area contributed by atoms with Crippen molar-refractivity contribution in [3.63, 3.8) is 0 Å².